The number of nitrogens with one attached hydrogen (secondary N) is 2. The lowest BCUT2D eigenvalue weighted by Crippen LogP contribution is -2.32. The van der Waals surface area contributed by atoms with Crippen molar-refractivity contribution < 1.29 is 19.1 Å². The minimum atomic E-state index is -0.114. The van der Waals surface area contributed by atoms with Crippen LogP contribution in [-0.4, -0.2) is 54.5 Å². The van der Waals surface area contributed by atoms with Crippen molar-refractivity contribution in [3.63, 3.8) is 0 Å². The van der Waals surface area contributed by atoms with Gasteiger partial charge in [-0.25, -0.2) is 0 Å². The second kappa shape index (κ2) is 11.9. The Morgan fingerprint density at radius 1 is 1.15 bits per heavy atom. The van der Waals surface area contributed by atoms with Crippen LogP contribution in [0.1, 0.15) is 30.1 Å². The molecule has 0 radical (unpaired) electrons. The minimum Gasteiger partial charge on any atom is -0.494 e. The largest absolute Gasteiger partial charge is 0.494 e. The van der Waals surface area contributed by atoms with E-state index in [1.165, 1.54) is 11.8 Å². The van der Waals surface area contributed by atoms with Crippen LogP contribution in [0.25, 0.3) is 10.9 Å². The Bertz CT molecular complexity index is 1110. The van der Waals surface area contributed by atoms with E-state index in [1.807, 2.05) is 19.1 Å². The number of carbonyl (C=O) groups is 2. The third-order valence-electron chi connectivity index (χ3n) is 5.73. The summed E-state index contributed by atoms with van der Waals surface area (Å²) in [5.41, 5.74) is 1.69. The van der Waals surface area contributed by atoms with E-state index in [1.54, 1.807) is 24.3 Å². The van der Waals surface area contributed by atoms with Crippen molar-refractivity contribution in [3.05, 3.63) is 60.3 Å². The average Bonchev–Trinajstić information content (AvgIpc) is 3.50. The molecule has 3 aromatic rings. The molecule has 7 nitrogen and oxygen atoms in total. The smallest absolute Gasteiger partial charge is 0.251 e. The van der Waals surface area contributed by atoms with E-state index in [-0.39, 0.29) is 17.9 Å². The van der Waals surface area contributed by atoms with Crippen molar-refractivity contribution >= 4 is 34.5 Å². The number of ether oxygens (including phenoxy) is 2. The van der Waals surface area contributed by atoms with Gasteiger partial charge in [0.25, 0.3) is 5.91 Å². The molecular formula is C26H31N3O4S. The van der Waals surface area contributed by atoms with Gasteiger partial charge in [0.15, 0.2) is 0 Å². The predicted molar refractivity (Wildman–Crippen MR) is 135 cm³/mol. The Morgan fingerprint density at radius 3 is 2.74 bits per heavy atom. The zero-order valence-electron chi connectivity index (χ0n) is 19.4. The Morgan fingerprint density at radius 2 is 1.97 bits per heavy atom. The molecule has 2 aromatic carbocycles. The molecule has 1 saturated heterocycles. The van der Waals surface area contributed by atoms with Crippen LogP contribution in [0.4, 0.5) is 0 Å². The summed E-state index contributed by atoms with van der Waals surface area (Å²) >= 11 is 1.53. The van der Waals surface area contributed by atoms with Gasteiger partial charge in [-0.05, 0) is 50.1 Å². The number of nitrogens with zero attached hydrogens (tertiary/aromatic N) is 1. The Balaban J connectivity index is 1.31. The van der Waals surface area contributed by atoms with Gasteiger partial charge < -0.3 is 24.7 Å². The van der Waals surface area contributed by atoms with E-state index in [0.717, 1.165) is 41.0 Å². The first kappa shape index (κ1) is 24.2. The van der Waals surface area contributed by atoms with Crippen molar-refractivity contribution in [1.82, 2.24) is 15.2 Å². The monoisotopic (exact) mass is 481 g/mol. The average molecular weight is 482 g/mol. The molecule has 2 amide bonds. The highest BCUT2D eigenvalue weighted by Crippen LogP contribution is 2.30. The van der Waals surface area contributed by atoms with Gasteiger partial charge in [0.2, 0.25) is 5.91 Å². The summed E-state index contributed by atoms with van der Waals surface area (Å²) in [6.45, 7) is 5.02. The summed E-state index contributed by atoms with van der Waals surface area (Å²) in [6.07, 6.45) is 4.28. The molecule has 2 N–H and O–H groups in total. The highest BCUT2D eigenvalue weighted by atomic mass is 32.2. The number of carbonyl (C=O) groups excluding carboxylic acids is 2. The van der Waals surface area contributed by atoms with E-state index >= 15 is 0 Å². The molecule has 1 aliphatic heterocycles. The molecule has 180 valence electrons. The maximum absolute atomic E-state index is 12.5. The quantitative estimate of drug-likeness (QED) is 0.407. The Labute approximate surface area is 204 Å². The van der Waals surface area contributed by atoms with Gasteiger partial charge in [0.1, 0.15) is 5.75 Å². The molecule has 1 aliphatic rings. The number of hydrogen-bond donors (Lipinski definition) is 2. The van der Waals surface area contributed by atoms with Crippen LogP contribution in [-0.2, 0) is 16.1 Å². The topological polar surface area (TPSA) is 81.6 Å². The van der Waals surface area contributed by atoms with Crippen LogP contribution in [0, 0.1) is 0 Å². The van der Waals surface area contributed by atoms with Crippen LogP contribution >= 0.6 is 11.8 Å². The summed E-state index contributed by atoms with van der Waals surface area (Å²) < 4.78 is 13.1. The van der Waals surface area contributed by atoms with Gasteiger partial charge in [-0.2, -0.15) is 0 Å². The number of hydrogen-bond acceptors (Lipinski definition) is 5. The van der Waals surface area contributed by atoms with E-state index in [9.17, 15) is 9.59 Å². The normalized spacial score (nSPS) is 15.4. The summed E-state index contributed by atoms with van der Waals surface area (Å²) in [6, 6.07) is 15.3. The number of para-hydroxylation sites is 1. The fourth-order valence-corrected chi connectivity index (χ4v) is 4.92. The molecule has 1 atom stereocenters. The molecule has 2 heterocycles. The van der Waals surface area contributed by atoms with Gasteiger partial charge in [-0.3, -0.25) is 9.59 Å². The molecule has 4 rings (SSSR count). The maximum Gasteiger partial charge on any atom is 0.251 e. The van der Waals surface area contributed by atoms with Gasteiger partial charge in [0.05, 0.1) is 18.5 Å². The molecule has 1 aromatic heterocycles. The van der Waals surface area contributed by atoms with Gasteiger partial charge in [-0.1, -0.05) is 18.2 Å². The number of rotatable bonds is 11. The molecule has 8 heteroatoms. The van der Waals surface area contributed by atoms with Crippen molar-refractivity contribution in [3.8, 4) is 5.75 Å². The van der Waals surface area contributed by atoms with E-state index in [4.69, 9.17) is 9.47 Å². The van der Waals surface area contributed by atoms with Crippen LogP contribution in [0.2, 0.25) is 0 Å². The predicted octanol–water partition coefficient (Wildman–Crippen LogP) is 3.86. The fraction of sp³-hybridized carbons (Fsp3) is 0.385. The molecule has 0 unspecified atom stereocenters. The standard InChI is InChI=1S/C26H31N3O4S/c1-2-32-20-11-9-19(10-12-20)26(31)27-13-14-29-17-24(22-7-3-4-8-23(22)29)34-18-25(30)28-16-21-6-5-15-33-21/h3-4,7-12,17,21H,2,5-6,13-16,18H2,1H3,(H,27,31)(H,28,30)/t21-/m1/s1. The zero-order chi connectivity index (χ0) is 23.8. The fourth-order valence-electron chi connectivity index (χ4n) is 4.00. The van der Waals surface area contributed by atoms with Crippen LogP contribution in [0.3, 0.4) is 0 Å². The van der Waals surface area contributed by atoms with Gasteiger partial charge >= 0.3 is 0 Å². The molecule has 0 bridgehead atoms. The maximum atomic E-state index is 12.5. The van der Waals surface area contributed by atoms with E-state index in [0.29, 0.717) is 37.6 Å². The molecule has 0 aliphatic carbocycles. The summed E-state index contributed by atoms with van der Waals surface area (Å²) in [4.78, 5) is 25.9. The van der Waals surface area contributed by atoms with Crippen LogP contribution < -0.4 is 15.4 Å². The highest BCUT2D eigenvalue weighted by Gasteiger charge is 2.17. The first-order chi connectivity index (χ1) is 16.6. The van der Waals surface area contributed by atoms with Crippen molar-refractivity contribution in [2.45, 2.75) is 37.3 Å². The number of amides is 2. The highest BCUT2D eigenvalue weighted by molar-refractivity contribution is 8.00. The minimum absolute atomic E-state index is 0.0138. The number of fused-ring (bicyclic) bond motifs is 1. The number of thioether (sulfide) groups is 1. The molecule has 0 saturated carbocycles. The third kappa shape index (κ3) is 6.33. The molecule has 34 heavy (non-hydrogen) atoms. The number of aromatic nitrogens is 1. The SMILES string of the molecule is CCOc1ccc(C(=O)NCCn2cc(SCC(=O)NC[C@H]3CCCO3)c3ccccc32)cc1. The van der Waals surface area contributed by atoms with Crippen molar-refractivity contribution in [2.24, 2.45) is 0 Å². The third-order valence-corrected chi connectivity index (χ3v) is 6.77. The van der Waals surface area contributed by atoms with Crippen molar-refractivity contribution in [1.29, 1.82) is 0 Å². The van der Waals surface area contributed by atoms with Gasteiger partial charge in [0, 0.05) is 53.8 Å². The van der Waals surface area contributed by atoms with Gasteiger partial charge in [-0.15, -0.1) is 11.8 Å². The first-order valence-electron chi connectivity index (χ1n) is 11.7. The lowest BCUT2D eigenvalue weighted by molar-refractivity contribution is -0.119. The van der Waals surface area contributed by atoms with Crippen molar-refractivity contribution in [2.75, 3.05) is 32.1 Å². The Kier molecular flexibility index (Phi) is 8.49. The van der Waals surface area contributed by atoms with Crippen LogP contribution in [0.15, 0.2) is 59.6 Å². The summed E-state index contributed by atoms with van der Waals surface area (Å²) in [5.74, 6) is 1.01. The van der Waals surface area contributed by atoms with E-state index < -0.39 is 0 Å². The first-order valence-corrected chi connectivity index (χ1v) is 12.7. The Hall–Kier alpha value is -2.97. The van der Waals surface area contributed by atoms with E-state index in [2.05, 4.69) is 33.5 Å². The molecule has 0 spiro atoms. The lowest BCUT2D eigenvalue weighted by atomic mass is 10.2. The number of benzene rings is 2. The summed E-state index contributed by atoms with van der Waals surface area (Å²) in [7, 11) is 0. The summed E-state index contributed by atoms with van der Waals surface area (Å²) in [5, 5.41) is 7.07. The second-order valence-electron chi connectivity index (χ2n) is 8.14. The van der Waals surface area contributed by atoms with Crippen LogP contribution in [0.5, 0.6) is 5.75 Å². The molecule has 1 fully saturated rings. The second-order valence-corrected chi connectivity index (χ2v) is 9.16. The zero-order valence-corrected chi connectivity index (χ0v) is 20.2. The molecular weight excluding hydrogens is 450 g/mol. The lowest BCUT2D eigenvalue weighted by Gasteiger charge is -2.10.